The van der Waals surface area contributed by atoms with Gasteiger partial charge in [-0.3, -0.25) is 4.98 Å². The summed E-state index contributed by atoms with van der Waals surface area (Å²) < 4.78 is 0. The first-order chi connectivity index (χ1) is 6.18. The molecule has 0 saturated heterocycles. The van der Waals surface area contributed by atoms with E-state index in [9.17, 15) is 5.11 Å². The molecule has 0 atom stereocenters. The quantitative estimate of drug-likeness (QED) is 0.436. The molecule has 4 nitrogen and oxygen atoms in total. The highest BCUT2D eigenvalue weighted by atomic mass is 16.3. The maximum absolute atomic E-state index is 9.43. The predicted octanol–water partition coefficient (Wildman–Crippen LogP) is -2.75. The first kappa shape index (κ1) is 8.04. The maximum atomic E-state index is 9.43. The Morgan fingerprint density at radius 2 is 2.08 bits per heavy atom. The molecule has 0 radical (unpaired) electrons. The van der Waals surface area contributed by atoms with Gasteiger partial charge >= 0.3 is 0 Å². The Hall–Kier alpha value is -1.58. The fourth-order valence-corrected chi connectivity index (χ4v) is 1.45. The van der Waals surface area contributed by atoms with Gasteiger partial charge in [-0.1, -0.05) is 0 Å². The SMILES string of the molecule is Bc1cc2cnnc(O)c2c(B)n1. The molecule has 2 heterocycles. The molecular formula is C7H7B2N3O. The van der Waals surface area contributed by atoms with Crippen molar-refractivity contribution in [3.8, 4) is 5.88 Å². The normalized spacial score (nSPS) is 10.5. The highest BCUT2D eigenvalue weighted by molar-refractivity contribution is 6.40. The van der Waals surface area contributed by atoms with Crippen molar-refractivity contribution in [1.29, 1.82) is 0 Å². The van der Waals surface area contributed by atoms with Crippen molar-refractivity contribution in [1.82, 2.24) is 15.2 Å². The summed E-state index contributed by atoms with van der Waals surface area (Å²) in [7, 11) is 3.75. The summed E-state index contributed by atoms with van der Waals surface area (Å²) in [5, 5.41) is 18.2. The second-order valence-corrected chi connectivity index (χ2v) is 2.98. The highest BCUT2D eigenvalue weighted by Crippen LogP contribution is 2.15. The van der Waals surface area contributed by atoms with Crippen LogP contribution in [0, 0.1) is 0 Å². The Labute approximate surface area is 76.8 Å². The summed E-state index contributed by atoms with van der Waals surface area (Å²) in [5.74, 6) is -0.0532. The van der Waals surface area contributed by atoms with Crippen LogP contribution >= 0.6 is 0 Å². The summed E-state index contributed by atoms with van der Waals surface area (Å²) in [6.07, 6.45) is 1.62. The molecule has 0 aliphatic rings. The lowest BCUT2D eigenvalue weighted by molar-refractivity contribution is 0.452. The van der Waals surface area contributed by atoms with Crippen LogP contribution in [-0.2, 0) is 0 Å². The predicted molar refractivity (Wildman–Crippen MR) is 55.4 cm³/mol. The molecule has 1 N–H and O–H groups in total. The Morgan fingerprint density at radius 1 is 1.31 bits per heavy atom. The second-order valence-electron chi connectivity index (χ2n) is 2.98. The largest absolute Gasteiger partial charge is 0.492 e. The third-order valence-electron chi connectivity index (χ3n) is 1.93. The van der Waals surface area contributed by atoms with Gasteiger partial charge in [-0.2, -0.15) is 5.10 Å². The third-order valence-corrected chi connectivity index (χ3v) is 1.93. The summed E-state index contributed by atoms with van der Waals surface area (Å²) in [6.45, 7) is 0. The minimum atomic E-state index is -0.0532. The second kappa shape index (κ2) is 2.73. The van der Waals surface area contributed by atoms with E-state index in [0.29, 0.717) is 5.39 Å². The van der Waals surface area contributed by atoms with Gasteiger partial charge < -0.3 is 5.11 Å². The van der Waals surface area contributed by atoms with Gasteiger partial charge in [0, 0.05) is 11.0 Å². The van der Waals surface area contributed by atoms with Crippen LogP contribution < -0.4 is 11.2 Å². The lowest BCUT2D eigenvalue weighted by Crippen LogP contribution is -2.21. The molecule has 0 spiro atoms. The van der Waals surface area contributed by atoms with E-state index in [4.69, 9.17) is 0 Å². The number of pyridine rings is 1. The molecule has 6 heteroatoms. The zero-order valence-corrected chi connectivity index (χ0v) is 7.44. The van der Waals surface area contributed by atoms with Crippen molar-refractivity contribution in [2.24, 2.45) is 0 Å². The zero-order valence-electron chi connectivity index (χ0n) is 7.44. The van der Waals surface area contributed by atoms with Crippen LogP contribution in [0.2, 0.25) is 0 Å². The molecule has 0 saturated carbocycles. The van der Waals surface area contributed by atoms with Crippen LogP contribution in [0.4, 0.5) is 0 Å². The monoisotopic (exact) mass is 171 g/mol. The summed E-state index contributed by atoms with van der Waals surface area (Å²) in [4.78, 5) is 4.23. The van der Waals surface area contributed by atoms with Gasteiger partial charge in [0.25, 0.3) is 0 Å². The Balaban J connectivity index is 2.94. The van der Waals surface area contributed by atoms with Crippen LogP contribution in [-0.4, -0.2) is 36.0 Å². The van der Waals surface area contributed by atoms with Gasteiger partial charge in [-0.05, 0) is 11.7 Å². The topological polar surface area (TPSA) is 58.9 Å². The van der Waals surface area contributed by atoms with Crippen LogP contribution in [0.1, 0.15) is 0 Å². The molecule has 2 rings (SSSR count). The minimum absolute atomic E-state index is 0.0532. The van der Waals surface area contributed by atoms with E-state index in [0.717, 1.165) is 16.6 Å². The van der Waals surface area contributed by atoms with Crippen LogP contribution in [0.15, 0.2) is 12.3 Å². The fourth-order valence-electron chi connectivity index (χ4n) is 1.45. The van der Waals surface area contributed by atoms with E-state index in [-0.39, 0.29) is 5.88 Å². The first-order valence-electron chi connectivity index (χ1n) is 3.97. The lowest BCUT2D eigenvalue weighted by Gasteiger charge is -2.03. The highest BCUT2D eigenvalue weighted by Gasteiger charge is 2.05. The minimum Gasteiger partial charge on any atom is -0.492 e. The maximum Gasteiger partial charge on any atom is 0.239 e. The van der Waals surface area contributed by atoms with Gasteiger partial charge in [0.05, 0.1) is 11.6 Å². The number of hydrogen-bond donors (Lipinski definition) is 1. The smallest absolute Gasteiger partial charge is 0.239 e. The molecule has 0 aromatic carbocycles. The number of aromatic nitrogens is 3. The average molecular weight is 171 g/mol. The van der Waals surface area contributed by atoms with Gasteiger partial charge in [0.2, 0.25) is 5.88 Å². The number of rotatable bonds is 0. The molecule has 0 aliphatic heterocycles. The van der Waals surface area contributed by atoms with Crippen molar-refractivity contribution in [3.05, 3.63) is 12.3 Å². The number of hydrogen-bond acceptors (Lipinski definition) is 4. The van der Waals surface area contributed by atoms with Crippen molar-refractivity contribution >= 4 is 37.7 Å². The number of nitrogens with zero attached hydrogens (tertiary/aromatic N) is 3. The average Bonchev–Trinajstić information content (AvgIpc) is 2.02. The fraction of sp³-hybridized carbons (Fsp3) is 0. The van der Waals surface area contributed by atoms with Gasteiger partial charge in [-0.25, -0.2) is 0 Å². The number of aromatic hydroxyl groups is 1. The Bertz CT molecular complexity index is 474. The number of fused-ring (bicyclic) bond motifs is 1. The Morgan fingerprint density at radius 3 is 2.85 bits per heavy atom. The molecule has 2 aromatic rings. The van der Waals surface area contributed by atoms with Crippen LogP contribution in [0.3, 0.4) is 0 Å². The van der Waals surface area contributed by atoms with E-state index >= 15 is 0 Å². The summed E-state index contributed by atoms with van der Waals surface area (Å²) in [5.41, 5.74) is 1.69. The van der Waals surface area contributed by atoms with E-state index < -0.39 is 0 Å². The molecular weight excluding hydrogens is 164 g/mol. The molecule has 0 unspecified atom stereocenters. The van der Waals surface area contributed by atoms with Crippen LogP contribution in [0.5, 0.6) is 5.88 Å². The van der Waals surface area contributed by atoms with E-state index in [1.54, 1.807) is 6.20 Å². The van der Waals surface area contributed by atoms with Gasteiger partial charge in [0.1, 0.15) is 0 Å². The van der Waals surface area contributed by atoms with Crippen molar-refractivity contribution in [3.63, 3.8) is 0 Å². The van der Waals surface area contributed by atoms with Crippen LogP contribution in [0.25, 0.3) is 10.8 Å². The van der Waals surface area contributed by atoms with Gasteiger partial charge in [-0.15, -0.1) is 5.10 Å². The molecule has 13 heavy (non-hydrogen) atoms. The summed E-state index contributed by atoms with van der Waals surface area (Å²) in [6, 6.07) is 1.87. The van der Waals surface area contributed by atoms with Crippen molar-refractivity contribution < 1.29 is 5.11 Å². The lowest BCUT2D eigenvalue weighted by atomic mass is 9.93. The first-order valence-corrected chi connectivity index (χ1v) is 3.97. The third kappa shape index (κ3) is 1.24. The van der Waals surface area contributed by atoms with Crippen molar-refractivity contribution in [2.45, 2.75) is 0 Å². The summed E-state index contributed by atoms with van der Waals surface area (Å²) >= 11 is 0. The molecule has 62 valence electrons. The Kier molecular flexibility index (Phi) is 1.68. The van der Waals surface area contributed by atoms with E-state index in [1.165, 1.54) is 0 Å². The van der Waals surface area contributed by atoms with Crippen molar-refractivity contribution in [2.75, 3.05) is 0 Å². The molecule has 0 aliphatic carbocycles. The molecule has 2 aromatic heterocycles. The zero-order chi connectivity index (χ0) is 9.42. The standard InChI is InChI=1S/C7H7B2N3O/c8-4-1-3-2-10-12-7(13)5(3)6(9)11-4/h1-2H,8-9H2,(H,12,13). The molecule has 0 amide bonds. The van der Waals surface area contributed by atoms with Gasteiger partial charge in [0.15, 0.2) is 15.7 Å². The molecule has 0 bridgehead atoms. The van der Waals surface area contributed by atoms with E-state index in [1.807, 2.05) is 21.8 Å². The van der Waals surface area contributed by atoms with E-state index in [2.05, 4.69) is 15.2 Å². The molecule has 0 fully saturated rings.